The Morgan fingerprint density at radius 1 is 0.605 bits per heavy atom. The summed E-state index contributed by atoms with van der Waals surface area (Å²) in [6.07, 6.45) is 14.8. The lowest BCUT2D eigenvalue weighted by molar-refractivity contribution is 0.288. The molecule has 0 aliphatic heterocycles. The summed E-state index contributed by atoms with van der Waals surface area (Å²) >= 11 is 0. The van der Waals surface area contributed by atoms with Crippen molar-refractivity contribution in [3.05, 3.63) is 72.8 Å². The first-order chi connectivity index (χ1) is 21.2. The van der Waals surface area contributed by atoms with E-state index in [1.165, 1.54) is 56.5 Å². The van der Waals surface area contributed by atoms with Crippen LogP contribution in [0, 0.1) is 6.92 Å². The molecule has 6 heteroatoms. The van der Waals surface area contributed by atoms with E-state index < -0.39 is 0 Å². The summed E-state index contributed by atoms with van der Waals surface area (Å²) in [5.74, 6) is 1.89. The molecule has 0 atom stereocenters. The third-order valence-electron chi connectivity index (χ3n) is 8.61. The van der Waals surface area contributed by atoms with Gasteiger partial charge in [0.2, 0.25) is 0 Å². The van der Waals surface area contributed by atoms with E-state index in [9.17, 15) is 0 Å². The molecule has 0 aliphatic rings. The quantitative estimate of drug-likeness (QED) is 0.114. The summed E-state index contributed by atoms with van der Waals surface area (Å²) in [6, 6.07) is 17.3. The topological polar surface area (TPSA) is 54.1 Å². The molecule has 43 heavy (non-hydrogen) atoms. The van der Waals surface area contributed by atoms with Gasteiger partial charge in [-0.2, -0.15) is 0 Å². The van der Waals surface area contributed by atoms with Crippen molar-refractivity contribution >= 4 is 43.6 Å². The van der Waals surface area contributed by atoms with Crippen LogP contribution < -0.4 is 9.47 Å². The van der Waals surface area contributed by atoms with Crippen molar-refractivity contribution in [3.8, 4) is 11.5 Å². The standard InChI is InChI=1S/C37H44N4O2/c1-4-6-20-40-34-24-28(12-14-30(34)32-16-18-38-26-36(32)40)42-22-10-8-9-11-23-43-29-13-15-31-33-17-19-39-27(3)37(33)41(21-7-5-2)35(31)25-29/h12-19,24-26H,4-11,20-23H2,1-3H3. The highest BCUT2D eigenvalue weighted by atomic mass is 16.5. The van der Waals surface area contributed by atoms with E-state index in [0.717, 1.165) is 82.0 Å². The molecule has 224 valence electrons. The summed E-state index contributed by atoms with van der Waals surface area (Å²) in [7, 11) is 0. The predicted molar refractivity (Wildman–Crippen MR) is 178 cm³/mol. The molecule has 0 spiro atoms. The second kappa shape index (κ2) is 13.5. The maximum absolute atomic E-state index is 6.21. The van der Waals surface area contributed by atoms with Crippen molar-refractivity contribution in [2.75, 3.05) is 13.2 Å². The number of hydrogen-bond donors (Lipinski definition) is 0. The second-order valence-electron chi connectivity index (χ2n) is 11.7. The van der Waals surface area contributed by atoms with E-state index in [4.69, 9.17) is 9.47 Å². The molecular formula is C37H44N4O2. The van der Waals surface area contributed by atoms with E-state index in [1.54, 1.807) is 0 Å². The molecule has 0 radical (unpaired) electrons. The molecule has 6 aromatic rings. The fourth-order valence-electron chi connectivity index (χ4n) is 6.34. The number of benzene rings is 2. The molecule has 0 fully saturated rings. The average Bonchev–Trinajstić information content (AvgIpc) is 3.52. The summed E-state index contributed by atoms with van der Waals surface area (Å²) in [5.41, 5.74) is 6.03. The molecule has 0 bridgehead atoms. The lowest BCUT2D eigenvalue weighted by Gasteiger charge is -2.10. The highest BCUT2D eigenvalue weighted by Crippen LogP contribution is 2.34. The molecule has 6 nitrogen and oxygen atoms in total. The third kappa shape index (κ3) is 6.06. The number of rotatable bonds is 15. The molecule has 0 N–H and O–H groups in total. The first-order valence-corrected chi connectivity index (χ1v) is 16.2. The number of unbranched alkanes of at least 4 members (excludes halogenated alkanes) is 5. The fourth-order valence-corrected chi connectivity index (χ4v) is 6.34. The van der Waals surface area contributed by atoms with Crippen LogP contribution in [0.3, 0.4) is 0 Å². The maximum atomic E-state index is 6.21. The van der Waals surface area contributed by atoms with Crippen molar-refractivity contribution in [2.45, 2.75) is 85.2 Å². The smallest absolute Gasteiger partial charge is 0.121 e. The Labute approximate surface area is 254 Å². The minimum Gasteiger partial charge on any atom is -0.494 e. The maximum Gasteiger partial charge on any atom is 0.121 e. The highest BCUT2D eigenvalue weighted by molar-refractivity contribution is 6.09. The van der Waals surface area contributed by atoms with Crippen LogP contribution in [-0.4, -0.2) is 32.3 Å². The Balaban J connectivity index is 0.999. The van der Waals surface area contributed by atoms with E-state index >= 15 is 0 Å². The van der Waals surface area contributed by atoms with E-state index in [2.05, 4.69) is 88.4 Å². The molecule has 0 saturated heterocycles. The SMILES string of the molecule is CCCCn1c2cnccc2c2ccc(OCCCCCCOc3ccc4c5ccnc(C)c5n(CCCC)c4c3)cc21. The molecule has 4 heterocycles. The highest BCUT2D eigenvalue weighted by Gasteiger charge is 2.14. The molecular weight excluding hydrogens is 532 g/mol. The van der Waals surface area contributed by atoms with Crippen molar-refractivity contribution < 1.29 is 9.47 Å². The normalized spacial score (nSPS) is 11.8. The van der Waals surface area contributed by atoms with Crippen molar-refractivity contribution in [3.63, 3.8) is 0 Å². The Morgan fingerprint density at radius 2 is 1.19 bits per heavy atom. The zero-order valence-corrected chi connectivity index (χ0v) is 25.9. The van der Waals surface area contributed by atoms with Gasteiger partial charge in [0.25, 0.3) is 0 Å². The molecule has 2 aromatic carbocycles. The number of pyridine rings is 2. The molecule has 0 saturated carbocycles. The van der Waals surface area contributed by atoms with Crippen LogP contribution in [0.2, 0.25) is 0 Å². The molecule has 0 amide bonds. The van der Waals surface area contributed by atoms with Crippen molar-refractivity contribution in [1.82, 2.24) is 19.1 Å². The molecule has 0 unspecified atom stereocenters. The van der Waals surface area contributed by atoms with Crippen molar-refractivity contribution in [1.29, 1.82) is 0 Å². The van der Waals surface area contributed by atoms with Gasteiger partial charge in [-0.25, -0.2) is 0 Å². The fraction of sp³-hybridized carbons (Fsp3) is 0.405. The van der Waals surface area contributed by atoms with Crippen molar-refractivity contribution in [2.24, 2.45) is 0 Å². The minimum atomic E-state index is 0.732. The molecule has 0 aliphatic carbocycles. The Hall–Kier alpha value is -4.06. The minimum absolute atomic E-state index is 0.732. The van der Waals surface area contributed by atoms with Crippen LogP contribution >= 0.6 is 0 Å². The Kier molecular flexibility index (Phi) is 9.11. The van der Waals surface area contributed by atoms with E-state index in [0.29, 0.717) is 0 Å². The summed E-state index contributed by atoms with van der Waals surface area (Å²) in [4.78, 5) is 8.95. The summed E-state index contributed by atoms with van der Waals surface area (Å²) < 4.78 is 17.2. The lowest BCUT2D eigenvalue weighted by Crippen LogP contribution is -2.01. The van der Waals surface area contributed by atoms with Crippen LogP contribution in [0.1, 0.15) is 70.9 Å². The van der Waals surface area contributed by atoms with Gasteiger partial charge in [0, 0.05) is 59.2 Å². The number of fused-ring (bicyclic) bond motifs is 6. The van der Waals surface area contributed by atoms with Gasteiger partial charge in [-0.05, 0) is 81.8 Å². The monoisotopic (exact) mass is 576 g/mol. The number of aromatic nitrogens is 4. The molecule has 6 rings (SSSR count). The first-order valence-electron chi connectivity index (χ1n) is 16.2. The third-order valence-corrected chi connectivity index (χ3v) is 8.61. The zero-order valence-electron chi connectivity index (χ0n) is 25.9. The van der Waals surface area contributed by atoms with Crippen LogP contribution in [0.4, 0.5) is 0 Å². The van der Waals surface area contributed by atoms with Crippen LogP contribution in [0.25, 0.3) is 43.6 Å². The van der Waals surface area contributed by atoms with E-state index in [-0.39, 0.29) is 0 Å². The predicted octanol–water partition coefficient (Wildman–Crippen LogP) is 9.62. The van der Waals surface area contributed by atoms with Gasteiger partial charge in [0.1, 0.15) is 11.5 Å². The van der Waals surface area contributed by atoms with Crippen LogP contribution in [0.5, 0.6) is 11.5 Å². The van der Waals surface area contributed by atoms with Gasteiger partial charge >= 0.3 is 0 Å². The average molecular weight is 577 g/mol. The van der Waals surface area contributed by atoms with Crippen LogP contribution in [0.15, 0.2) is 67.1 Å². The van der Waals surface area contributed by atoms with E-state index in [1.807, 2.05) is 18.6 Å². The first kappa shape index (κ1) is 29.0. The van der Waals surface area contributed by atoms with Gasteiger partial charge in [-0.1, -0.05) is 26.7 Å². The van der Waals surface area contributed by atoms with Crippen LogP contribution in [-0.2, 0) is 13.1 Å². The van der Waals surface area contributed by atoms with Gasteiger partial charge in [-0.15, -0.1) is 0 Å². The zero-order chi connectivity index (χ0) is 29.6. The lowest BCUT2D eigenvalue weighted by atomic mass is 10.1. The number of ether oxygens (including phenoxy) is 2. The summed E-state index contributed by atoms with van der Waals surface area (Å²) in [6.45, 7) is 10.1. The van der Waals surface area contributed by atoms with Gasteiger partial charge in [-0.3, -0.25) is 9.97 Å². The number of aryl methyl sites for hydroxylation is 3. The number of hydrogen-bond acceptors (Lipinski definition) is 4. The number of nitrogens with zero attached hydrogens (tertiary/aromatic N) is 4. The summed E-state index contributed by atoms with van der Waals surface area (Å²) in [5, 5.41) is 5.10. The van der Waals surface area contributed by atoms with Gasteiger partial charge < -0.3 is 18.6 Å². The Morgan fingerprint density at radius 3 is 1.86 bits per heavy atom. The second-order valence-corrected chi connectivity index (χ2v) is 11.7. The van der Waals surface area contributed by atoms with Gasteiger partial charge in [0.15, 0.2) is 0 Å². The largest absolute Gasteiger partial charge is 0.494 e. The van der Waals surface area contributed by atoms with Gasteiger partial charge in [0.05, 0.1) is 47.2 Å². The molecule has 4 aromatic heterocycles. The Bertz CT molecular complexity index is 1830.